The molecule has 50 valence electrons. The Bertz CT molecular complexity index is 231. The quantitative estimate of drug-likeness (QED) is 0.630. The average molecular weight is 163 g/mol. The number of rotatable bonds is 2. The van der Waals surface area contributed by atoms with Crippen molar-refractivity contribution in [1.82, 2.24) is 0 Å². The van der Waals surface area contributed by atoms with Gasteiger partial charge in [0.1, 0.15) is 5.00 Å². The summed E-state index contributed by atoms with van der Waals surface area (Å²) in [6.07, 6.45) is 0. The number of hydrogen-bond donors (Lipinski definition) is 2. The number of anilines is 1. The van der Waals surface area contributed by atoms with Crippen LogP contribution in [0.2, 0.25) is 0 Å². The highest BCUT2D eigenvalue weighted by Crippen LogP contribution is 2.13. The molecule has 0 aliphatic rings. The van der Waals surface area contributed by atoms with E-state index in [0.717, 1.165) is 0 Å². The highest BCUT2D eigenvalue weighted by molar-refractivity contribution is 7.74. The fourth-order valence-electron chi connectivity index (χ4n) is 0.432. The van der Waals surface area contributed by atoms with Gasteiger partial charge in [0.2, 0.25) is 10.9 Å². The third kappa shape index (κ3) is 2.03. The monoisotopic (exact) mass is 163 g/mol. The Morgan fingerprint density at radius 3 is 2.78 bits per heavy atom. The fourth-order valence-corrected chi connectivity index (χ4v) is 1.58. The van der Waals surface area contributed by atoms with Crippen LogP contribution in [-0.2, 0) is 10.9 Å². The largest absolute Gasteiger partial charge is 0.277 e. The topological polar surface area (TPSA) is 46.2 Å². The van der Waals surface area contributed by atoms with Gasteiger partial charge in [-0.1, -0.05) is 0 Å². The molecule has 1 heterocycles. The lowest BCUT2D eigenvalue weighted by atomic mass is 10.6. The lowest BCUT2D eigenvalue weighted by Gasteiger charge is -1.86. The van der Waals surface area contributed by atoms with Gasteiger partial charge in [-0.25, -0.2) is 8.42 Å². The molecular formula is C4H5NO2S2. The highest BCUT2D eigenvalue weighted by atomic mass is 32.2. The minimum atomic E-state index is -2.49. The van der Waals surface area contributed by atoms with E-state index in [0.29, 0.717) is 5.00 Å². The summed E-state index contributed by atoms with van der Waals surface area (Å²) in [5, 5.41) is 2.47. The third-order valence-corrected chi connectivity index (χ3v) is 2.08. The lowest BCUT2D eigenvalue weighted by molar-refractivity contribution is 0.619. The van der Waals surface area contributed by atoms with Crippen molar-refractivity contribution in [3.8, 4) is 0 Å². The SMILES string of the molecule is O=[SH](=O)Nc1cccs1. The predicted octanol–water partition coefficient (Wildman–Crippen LogP) is 0.686. The van der Waals surface area contributed by atoms with E-state index in [4.69, 9.17) is 0 Å². The number of thiophene rings is 1. The minimum Gasteiger partial charge on any atom is -0.277 e. The number of nitrogens with one attached hydrogen (secondary N) is 1. The van der Waals surface area contributed by atoms with Gasteiger partial charge in [0.05, 0.1) is 0 Å². The summed E-state index contributed by atoms with van der Waals surface area (Å²) in [5.74, 6) is 0. The maximum Gasteiger partial charge on any atom is 0.223 e. The summed E-state index contributed by atoms with van der Waals surface area (Å²) in [4.78, 5) is 0. The van der Waals surface area contributed by atoms with Gasteiger partial charge >= 0.3 is 0 Å². The number of thiol groups is 1. The Morgan fingerprint density at radius 1 is 1.56 bits per heavy atom. The van der Waals surface area contributed by atoms with Gasteiger partial charge in [-0.3, -0.25) is 4.72 Å². The highest BCUT2D eigenvalue weighted by Gasteiger charge is 1.88. The Labute approximate surface area is 58.4 Å². The van der Waals surface area contributed by atoms with Crippen molar-refractivity contribution in [2.45, 2.75) is 0 Å². The van der Waals surface area contributed by atoms with E-state index in [-0.39, 0.29) is 0 Å². The van der Waals surface area contributed by atoms with Crippen molar-refractivity contribution in [2.75, 3.05) is 4.72 Å². The van der Waals surface area contributed by atoms with E-state index in [1.165, 1.54) is 11.3 Å². The molecule has 0 aliphatic heterocycles. The second kappa shape index (κ2) is 2.84. The van der Waals surface area contributed by atoms with Crippen molar-refractivity contribution >= 4 is 27.2 Å². The molecule has 0 saturated carbocycles. The standard InChI is InChI=1S/C4H5NO2S2/c6-9(7)5-4-2-1-3-8-4/h1-3,9H,(H,5,6,7). The molecule has 0 aromatic carbocycles. The maximum absolute atomic E-state index is 10.00. The summed E-state index contributed by atoms with van der Waals surface area (Å²) in [6.45, 7) is 0. The molecule has 0 fully saturated rings. The van der Waals surface area contributed by atoms with Crippen LogP contribution in [0.1, 0.15) is 0 Å². The summed E-state index contributed by atoms with van der Waals surface area (Å²) in [5.41, 5.74) is 0. The van der Waals surface area contributed by atoms with Crippen LogP contribution in [-0.4, -0.2) is 8.42 Å². The summed E-state index contributed by atoms with van der Waals surface area (Å²) >= 11 is 1.36. The van der Waals surface area contributed by atoms with Crippen molar-refractivity contribution in [3.63, 3.8) is 0 Å². The Hall–Kier alpha value is -0.550. The lowest BCUT2D eigenvalue weighted by Crippen LogP contribution is -1.90. The van der Waals surface area contributed by atoms with Gasteiger partial charge in [-0.15, -0.1) is 11.3 Å². The summed E-state index contributed by atoms with van der Waals surface area (Å²) in [6, 6.07) is 3.49. The van der Waals surface area contributed by atoms with Crippen molar-refractivity contribution in [3.05, 3.63) is 17.5 Å². The van der Waals surface area contributed by atoms with Crippen LogP contribution in [0.25, 0.3) is 0 Å². The van der Waals surface area contributed by atoms with Crippen LogP contribution in [0.5, 0.6) is 0 Å². The summed E-state index contributed by atoms with van der Waals surface area (Å²) in [7, 11) is -2.49. The van der Waals surface area contributed by atoms with Gasteiger partial charge in [-0.05, 0) is 17.5 Å². The molecule has 0 radical (unpaired) electrons. The normalized spacial score (nSPS) is 9.89. The molecule has 9 heavy (non-hydrogen) atoms. The van der Waals surface area contributed by atoms with Gasteiger partial charge < -0.3 is 0 Å². The average Bonchev–Trinajstić information content (AvgIpc) is 2.15. The maximum atomic E-state index is 10.00. The van der Waals surface area contributed by atoms with Crippen LogP contribution < -0.4 is 4.72 Å². The van der Waals surface area contributed by atoms with Gasteiger partial charge in [0.15, 0.2) is 0 Å². The van der Waals surface area contributed by atoms with E-state index in [1.807, 2.05) is 0 Å². The molecule has 0 bridgehead atoms. The minimum absolute atomic E-state index is 0.658. The zero-order chi connectivity index (χ0) is 6.69. The molecule has 3 nitrogen and oxygen atoms in total. The number of hydrogen-bond acceptors (Lipinski definition) is 3. The molecule has 0 spiro atoms. The van der Waals surface area contributed by atoms with Gasteiger partial charge in [-0.2, -0.15) is 0 Å². The van der Waals surface area contributed by atoms with E-state index in [2.05, 4.69) is 4.72 Å². The van der Waals surface area contributed by atoms with Crippen LogP contribution in [0, 0.1) is 0 Å². The molecule has 1 aromatic rings. The molecule has 0 aliphatic carbocycles. The third-order valence-electron chi connectivity index (χ3n) is 0.723. The molecule has 5 heteroatoms. The van der Waals surface area contributed by atoms with Gasteiger partial charge in [0.25, 0.3) is 0 Å². The second-order valence-electron chi connectivity index (χ2n) is 1.35. The van der Waals surface area contributed by atoms with E-state index in [9.17, 15) is 8.42 Å². The zero-order valence-electron chi connectivity index (χ0n) is 4.40. The Morgan fingerprint density at radius 2 is 2.33 bits per heavy atom. The molecule has 0 saturated heterocycles. The van der Waals surface area contributed by atoms with Crippen LogP contribution in [0.4, 0.5) is 5.00 Å². The van der Waals surface area contributed by atoms with Crippen molar-refractivity contribution in [1.29, 1.82) is 0 Å². The smallest absolute Gasteiger partial charge is 0.223 e. The van der Waals surface area contributed by atoms with Crippen LogP contribution in [0.3, 0.4) is 0 Å². The second-order valence-corrected chi connectivity index (χ2v) is 3.03. The van der Waals surface area contributed by atoms with E-state index in [1.54, 1.807) is 17.5 Å². The van der Waals surface area contributed by atoms with E-state index >= 15 is 0 Å². The van der Waals surface area contributed by atoms with Gasteiger partial charge in [0, 0.05) is 0 Å². The van der Waals surface area contributed by atoms with Crippen LogP contribution in [0.15, 0.2) is 17.5 Å². The predicted molar refractivity (Wildman–Crippen MR) is 38.3 cm³/mol. The zero-order valence-corrected chi connectivity index (χ0v) is 6.11. The Kier molecular flexibility index (Phi) is 2.07. The van der Waals surface area contributed by atoms with Crippen molar-refractivity contribution < 1.29 is 8.42 Å². The first kappa shape index (κ1) is 6.57. The van der Waals surface area contributed by atoms with Crippen LogP contribution >= 0.6 is 11.3 Å². The molecular weight excluding hydrogens is 158 g/mol. The van der Waals surface area contributed by atoms with Crippen molar-refractivity contribution in [2.24, 2.45) is 0 Å². The Balaban J connectivity index is 2.68. The fraction of sp³-hybridized carbons (Fsp3) is 0. The summed E-state index contributed by atoms with van der Waals surface area (Å²) < 4.78 is 22.3. The molecule has 0 amide bonds. The molecule has 1 rings (SSSR count). The first-order valence-corrected chi connectivity index (χ1v) is 4.29. The molecule has 0 unspecified atom stereocenters. The first-order valence-electron chi connectivity index (χ1n) is 2.23. The molecule has 0 atom stereocenters. The molecule has 1 aromatic heterocycles. The van der Waals surface area contributed by atoms with E-state index < -0.39 is 10.9 Å². The molecule has 1 N–H and O–H groups in total. The first-order chi connectivity index (χ1) is 4.29.